The van der Waals surface area contributed by atoms with E-state index in [0.717, 1.165) is 25.1 Å². The van der Waals surface area contributed by atoms with Crippen LogP contribution in [-0.4, -0.2) is 24.0 Å². The van der Waals surface area contributed by atoms with Crippen LogP contribution in [0.4, 0.5) is 43.9 Å². The molecule has 0 aromatic heterocycles. The highest BCUT2D eigenvalue weighted by molar-refractivity contribution is 5.38. The van der Waals surface area contributed by atoms with Crippen LogP contribution in [0.3, 0.4) is 0 Å². The maximum Gasteiger partial charge on any atom is 0.417 e. The highest BCUT2D eigenvalue weighted by Gasteiger charge is 2.58. The molecule has 0 aliphatic carbocycles. The quantitative estimate of drug-likeness (QED) is 0.422. The summed E-state index contributed by atoms with van der Waals surface area (Å²) in [4.78, 5) is 0. The second-order valence-corrected chi connectivity index (χ2v) is 7.98. The van der Waals surface area contributed by atoms with Crippen molar-refractivity contribution < 1.29 is 53.7 Å². The van der Waals surface area contributed by atoms with Crippen molar-refractivity contribution in [3.05, 3.63) is 64.5 Å². The van der Waals surface area contributed by atoms with Gasteiger partial charge in [0.15, 0.2) is 5.60 Å². The summed E-state index contributed by atoms with van der Waals surface area (Å²) in [5.41, 5.74) is -8.48. The highest BCUT2D eigenvalue weighted by atomic mass is 19.4. The third-order valence-electron chi connectivity index (χ3n) is 5.80. The molecule has 0 spiro atoms. The van der Waals surface area contributed by atoms with Crippen molar-refractivity contribution >= 4 is 0 Å². The van der Waals surface area contributed by atoms with Gasteiger partial charge in [-0.3, -0.25) is 0 Å². The van der Waals surface area contributed by atoms with Crippen LogP contribution in [0.25, 0.3) is 0 Å². The van der Waals surface area contributed by atoms with E-state index in [1.54, 1.807) is 0 Å². The number of benzene rings is 2. The van der Waals surface area contributed by atoms with E-state index in [1.165, 1.54) is 14.0 Å². The number of rotatable bonds is 6. The minimum Gasteiger partial charge on any atom is -0.496 e. The molecule has 2 rings (SSSR count). The van der Waals surface area contributed by atoms with E-state index in [9.17, 15) is 49.0 Å². The predicted octanol–water partition coefficient (Wildman–Crippen LogP) is 7.15. The van der Waals surface area contributed by atoms with Crippen LogP contribution >= 0.6 is 0 Å². The summed E-state index contributed by atoms with van der Waals surface area (Å²) in [7, 11) is 1.17. The lowest BCUT2D eigenvalue weighted by Crippen LogP contribution is -2.53. The Kier molecular flexibility index (Phi) is 7.57. The standard InChI is InChI=1S/C22H20F10O2/c1-11(17-9-16(23)4-5-18(17)34-3)12(2)19(33,22(30,31)32)10-13-6-14(20(24,25)26)8-15(7-13)21(27,28)29/h4-9,11-12,33H,10H2,1-3H3. The van der Waals surface area contributed by atoms with E-state index in [0.29, 0.717) is 0 Å². The van der Waals surface area contributed by atoms with Gasteiger partial charge in [0.25, 0.3) is 0 Å². The van der Waals surface area contributed by atoms with E-state index in [2.05, 4.69) is 0 Å². The van der Waals surface area contributed by atoms with E-state index >= 15 is 0 Å². The first-order valence-corrected chi connectivity index (χ1v) is 9.72. The molecule has 2 aromatic rings. The number of hydrogen-bond donors (Lipinski definition) is 1. The molecule has 12 heteroatoms. The average Bonchev–Trinajstić information content (AvgIpc) is 2.70. The maximum absolute atomic E-state index is 14.0. The van der Waals surface area contributed by atoms with Crippen molar-refractivity contribution in [1.82, 2.24) is 0 Å². The van der Waals surface area contributed by atoms with Crippen molar-refractivity contribution in [2.75, 3.05) is 7.11 Å². The Labute approximate surface area is 188 Å². The molecule has 0 saturated heterocycles. The molecule has 0 aliphatic heterocycles. The molecule has 0 fully saturated rings. The van der Waals surface area contributed by atoms with Crippen LogP contribution in [0.2, 0.25) is 0 Å². The summed E-state index contributed by atoms with van der Waals surface area (Å²) in [5, 5.41) is 10.7. The van der Waals surface area contributed by atoms with Gasteiger partial charge in [0, 0.05) is 17.9 Å². The lowest BCUT2D eigenvalue weighted by atomic mass is 9.73. The Bertz CT molecular complexity index is 978. The van der Waals surface area contributed by atoms with Crippen molar-refractivity contribution in [3.8, 4) is 5.75 Å². The lowest BCUT2D eigenvalue weighted by Gasteiger charge is -2.39. The zero-order valence-electron chi connectivity index (χ0n) is 18.0. The number of hydrogen-bond acceptors (Lipinski definition) is 2. The topological polar surface area (TPSA) is 29.5 Å². The molecule has 0 radical (unpaired) electrons. The Balaban J connectivity index is 2.62. The number of methoxy groups -OCH3 is 1. The fourth-order valence-electron chi connectivity index (χ4n) is 3.70. The van der Waals surface area contributed by atoms with Crippen LogP contribution in [0.15, 0.2) is 36.4 Å². The molecule has 190 valence electrons. The van der Waals surface area contributed by atoms with Gasteiger partial charge in [-0.05, 0) is 47.9 Å². The van der Waals surface area contributed by atoms with Gasteiger partial charge >= 0.3 is 18.5 Å². The Morgan fingerprint density at radius 2 is 1.32 bits per heavy atom. The van der Waals surface area contributed by atoms with Crippen LogP contribution in [0, 0.1) is 11.7 Å². The summed E-state index contributed by atoms with van der Waals surface area (Å²) in [6.45, 7) is 2.12. The normalized spacial score (nSPS) is 16.6. The SMILES string of the molecule is COc1ccc(F)cc1C(C)C(C)C(O)(Cc1cc(C(F)(F)F)cc(C(F)(F)F)c1)C(F)(F)F. The smallest absolute Gasteiger partial charge is 0.417 e. The third kappa shape index (κ3) is 5.76. The van der Waals surface area contributed by atoms with Gasteiger partial charge in [-0.1, -0.05) is 13.8 Å². The maximum atomic E-state index is 14.0. The van der Waals surface area contributed by atoms with Gasteiger partial charge in [0.2, 0.25) is 0 Å². The van der Waals surface area contributed by atoms with Gasteiger partial charge in [-0.25, -0.2) is 4.39 Å². The molecule has 1 N–H and O–H groups in total. The van der Waals surface area contributed by atoms with Crippen LogP contribution in [0.5, 0.6) is 5.75 Å². The molecule has 0 aliphatic rings. The van der Waals surface area contributed by atoms with Crippen LogP contribution in [-0.2, 0) is 18.8 Å². The number of halogens is 10. The van der Waals surface area contributed by atoms with Crippen LogP contribution < -0.4 is 4.74 Å². The van der Waals surface area contributed by atoms with E-state index in [4.69, 9.17) is 4.74 Å². The molecular weight excluding hydrogens is 486 g/mol. The fraction of sp³-hybridized carbons (Fsp3) is 0.455. The summed E-state index contributed by atoms with van der Waals surface area (Å²) in [5.74, 6) is -3.95. The van der Waals surface area contributed by atoms with Gasteiger partial charge in [-0.2, -0.15) is 39.5 Å². The average molecular weight is 506 g/mol. The third-order valence-corrected chi connectivity index (χ3v) is 5.80. The number of aliphatic hydroxyl groups is 1. The first kappa shape index (κ1) is 27.7. The Hall–Kier alpha value is -2.50. The molecule has 0 amide bonds. The summed E-state index contributed by atoms with van der Waals surface area (Å²) in [6, 6.07) is 3.04. The molecule has 34 heavy (non-hydrogen) atoms. The zero-order valence-corrected chi connectivity index (χ0v) is 18.0. The molecule has 2 nitrogen and oxygen atoms in total. The predicted molar refractivity (Wildman–Crippen MR) is 102 cm³/mol. The number of ether oxygens (including phenoxy) is 1. The van der Waals surface area contributed by atoms with Crippen molar-refractivity contribution in [3.63, 3.8) is 0 Å². The van der Waals surface area contributed by atoms with Crippen molar-refractivity contribution in [2.45, 2.75) is 50.3 Å². The second-order valence-electron chi connectivity index (χ2n) is 7.98. The summed E-state index contributed by atoms with van der Waals surface area (Å²) in [6.07, 6.45) is -17.6. The summed E-state index contributed by atoms with van der Waals surface area (Å²) < 4.78 is 140. The fourth-order valence-corrected chi connectivity index (χ4v) is 3.70. The minimum atomic E-state index is -5.46. The molecule has 3 atom stereocenters. The largest absolute Gasteiger partial charge is 0.496 e. The van der Waals surface area contributed by atoms with Gasteiger partial charge < -0.3 is 9.84 Å². The van der Waals surface area contributed by atoms with E-state index in [1.807, 2.05) is 0 Å². The van der Waals surface area contributed by atoms with Gasteiger partial charge in [-0.15, -0.1) is 0 Å². The summed E-state index contributed by atoms with van der Waals surface area (Å²) >= 11 is 0. The monoisotopic (exact) mass is 506 g/mol. The molecule has 0 bridgehead atoms. The first-order chi connectivity index (χ1) is 15.3. The number of alkyl halides is 9. The second kappa shape index (κ2) is 9.27. The van der Waals surface area contributed by atoms with Crippen molar-refractivity contribution in [2.24, 2.45) is 5.92 Å². The van der Waals surface area contributed by atoms with Gasteiger partial charge in [0.05, 0.1) is 18.2 Å². The van der Waals surface area contributed by atoms with E-state index in [-0.39, 0.29) is 29.5 Å². The van der Waals surface area contributed by atoms with Crippen LogP contribution in [0.1, 0.15) is 42.0 Å². The highest BCUT2D eigenvalue weighted by Crippen LogP contribution is 2.47. The first-order valence-electron chi connectivity index (χ1n) is 9.72. The minimum absolute atomic E-state index is 0.0105. The molecular formula is C22H20F10O2. The molecule has 3 unspecified atom stereocenters. The lowest BCUT2D eigenvalue weighted by molar-refractivity contribution is -0.279. The van der Waals surface area contributed by atoms with Gasteiger partial charge in [0.1, 0.15) is 11.6 Å². The Morgan fingerprint density at radius 1 is 0.824 bits per heavy atom. The molecule has 0 saturated carbocycles. The van der Waals surface area contributed by atoms with E-state index < -0.39 is 64.9 Å². The van der Waals surface area contributed by atoms with Crippen molar-refractivity contribution in [1.29, 1.82) is 0 Å². The zero-order chi connectivity index (χ0) is 26.3. The molecule has 0 heterocycles. The Morgan fingerprint density at radius 3 is 1.74 bits per heavy atom. The molecule has 2 aromatic carbocycles.